The van der Waals surface area contributed by atoms with E-state index < -0.39 is 0 Å². The number of hydrogen-bond acceptors (Lipinski definition) is 1. The lowest BCUT2D eigenvalue weighted by molar-refractivity contribution is 0.102. The average Bonchev–Trinajstić information content (AvgIpc) is 2.10. The van der Waals surface area contributed by atoms with E-state index in [2.05, 4.69) is 38.5 Å². The fraction of sp³-hybridized carbons (Fsp3) is 0.222. The van der Waals surface area contributed by atoms with Gasteiger partial charge in [0.05, 0.1) is 10.4 Å². The summed E-state index contributed by atoms with van der Waals surface area (Å²) in [5, 5.41) is 1.05. The molecule has 0 saturated heterocycles. The molecule has 0 bridgehead atoms. The standard InChI is InChI=1S/C9H7BrClIO/c1-5-2-7(11)8(12)3-6(5)9(13)4-10/h2-3H,4H2,1H3. The molecule has 0 aliphatic heterocycles. The van der Waals surface area contributed by atoms with E-state index in [0.717, 1.165) is 14.7 Å². The third kappa shape index (κ3) is 2.67. The largest absolute Gasteiger partial charge is 0.293 e. The maximum absolute atomic E-state index is 11.4. The van der Waals surface area contributed by atoms with Crippen LogP contribution in [0.4, 0.5) is 0 Å². The molecular weight excluding hydrogens is 366 g/mol. The van der Waals surface area contributed by atoms with Crippen molar-refractivity contribution in [3.8, 4) is 0 Å². The highest BCUT2D eigenvalue weighted by molar-refractivity contribution is 14.1. The Balaban J connectivity index is 3.23. The third-order valence-electron chi connectivity index (χ3n) is 1.69. The smallest absolute Gasteiger partial charge is 0.173 e. The highest BCUT2D eigenvalue weighted by Gasteiger charge is 2.09. The monoisotopic (exact) mass is 372 g/mol. The molecule has 13 heavy (non-hydrogen) atoms. The molecule has 0 saturated carbocycles. The predicted molar refractivity (Wildman–Crippen MR) is 67.0 cm³/mol. The van der Waals surface area contributed by atoms with Crippen molar-refractivity contribution in [2.45, 2.75) is 6.92 Å². The highest BCUT2D eigenvalue weighted by Crippen LogP contribution is 2.23. The van der Waals surface area contributed by atoms with Gasteiger partial charge in [0.15, 0.2) is 5.78 Å². The summed E-state index contributed by atoms with van der Waals surface area (Å²) in [5.41, 5.74) is 1.67. The number of carbonyl (C=O) groups excluding carboxylic acids is 1. The molecular formula is C9H7BrClIO. The Labute approximate surface area is 104 Å². The second-order valence-electron chi connectivity index (χ2n) is 2.64. The fourth-order valence-corrected chi connectivity index (χ4v) is 2.01. The quantitative estimate of drug-likeness (QED) is 0.437. The lowest BCUT2D eigenvalue weighted by Gasteiger charge is -2.04. The molecule has 0 atom stereocenters. The Morgan fingerprint density at radius 1 is 1.62 bits per heavy atom. The summed E-state index contributed by atoms with van der Waals surface area (Å²) in [6.45, 7) is 1.89. The first-order valence-electron chi connectivity index (χ1n) is 3.61. The number of carbonyl (C=O) groups is 1. The van der Waals surface area contributed by atoms with Crippen LogP contribution < -0.4 is 0 Å². The maximum Gasteiger partial charge on any atom is 0.173 e. The van der Waals surface area contributed by atoms with Crippen molar-refractivity contribution >= 4 is 55.9 Å². The van der Waals surface area contributed by atoms with E-state index in [0.29, 0.717) is 10.4 Å². The fourth-order valence-electron chi connectivity index (χ4n) is 1.02. The van der Waals surface area contributed by atoms with Crippen LogP contribution >= 0.6 is 50.1 Å². The first-order chi connectivity index (χ1) is 6.06. The number of benzene rings is 1. The SMILES string of the molecule is Cc1cc(Cl)c(I)cc1C(=O)CBr. The molecule has 0 fully saturated rings. The van der Waals surface area contributed by atoms with Gasteiger partial charge in [-0.2, -0.15) is 0 Å². The lowest BCUT2D eigenvalue weighted by Crippen LogP contribution is -2.03. The Hall–Kier alpha value is 0.390. The Bertz CT molecular complexity index is 352. The molecule has 1 aromatic carbocycles. The third-order valence-corrected chi connectivity index (χ3v) is 3.72. The first kappa shape index (κ1) is 11.5. The van der Waals surface area contributed by atoms with Gasteiger partial charge in [-0.25, -0.2) is 0 Å². The van der Waals surface area contributed by atoms with Gasteiger partial charge in [-0.3, -0.25) is 4.79 Å². The lowest BCUT2D eigenvalue weighted by atomic mass is 10.1. The molecule has 0 N–H and O–H groups in total. The minimum atomic E-state index is 0.0899. The summed E-state index contributed by atoms with van der Waals surface area (Å²) >= 11 is 11.2. The molecule has 0 amide bonds. The number of aryl methyl sites for hydroxylation is 1. The van der Waals surface area contributed by atoms with E-state index >= 15 is 0 Å². The molecule has 1 aromatic rings. The van der Waals surface area contributed by atoms with E-state index in [1.54, 1.807) is 0 Å². The average molecular weight is 373 g/mol. The van der Waals surface area contributed by atoms with Gasteiger partial charge in [0, 0.05) is 9.13 Å². The summed E-state index contributed by atoms with van der Waals surface area (Å²) < 4.78 is 0.911. The number of rotatable bonds is 2. The number of halogens is 3. The van der Waals surface area contributed by atoms with Crippen LogP contribution in [0.2, 0.25) is 5.02 Å². The molecule has 4 heteroatoms. The van der Waals surface area contributed by atoms with Gasteiger partial charge < -0.3 is 0 Å². The van der Waals surface area contributed by atoms with Gasteiger partial charge in [0.25, 0.3) is 0 Å². The number of ketones is 1. The Morgan fingerprint density at radius 3 is 2.77 bits per heavy atom. The van der Waals surface area contributed by atoms with Gasteiger partial charge in [0.2, 0.25) is 0 Å². The first-order valence-corrected chi connectivity index (χ1v) is 6.19. The molecule has 0 aliphatic carbocycles. The van der Waals surface area contributed by atoms with Crippen molar-refractivity contribution in [2.24, 2.45) is 0 Å². The molecule has 0 spiro atoms. The zero-order chi connectivity index (χ0) is 10.0. The van der Waals surface area contributed by atoms with Gasteiger partial charge in [0.1, 0.15) is 0 Å². The van der Waals surface area contributed by atoms with Crippen LogP contribution in [0.5, 0.6) is 0 Å². The van der Waals surface area contributed by atoms with E-state index in [4.69, 9.17) is 11.6 Å². The molecule has 1 rings (SSSR count). The minimum absolute atomic E-state index is 0.0899. The van der Waals surface area contributed by atoms with E-state index in [9.17, 15) is 4.79 Å². The summed E-state index contributed by atoms with van der Waals surface area (Å²) in [6, 6.07) is 3.64. The molecule has 0 aliphatic rings. The van der Waals surface area contributed by atoms with Gasteiger partial charge in [-0.05, 0) is 47.2 Å². The zero-order valence-corrected chi connectivity index (χ0v) is 11.4. The van der Waals surface area contributed by atoms with Crippen LogP contribution in [-0.4, -0.2) is 11.1 Å². The summed E-state index contributed by atoms with van der Waals surface area (Å²) in [6.07, 6.45) is 0. The van der Waals surface area contributed by atoms with Crippen molar-refractivity contribution in [3.05, 3.63) is 31.9 Å². The van der Waals surface area contributed by atoms with E-state index in [1.807, 2.05) is 19.1 Å². The van der Waals surface area contributed by atoms with Crippen LogP contribution in [0.25, 0.3) is 0 Å². The maximum atomic E-state index is 11.4. The normalized spacial score (nSPS) is 10.2. The molecule has 0 unspecified atom stereocenters. The molecule has 0 radical (unpaired) electrons. The number of alkyl halides is 1. The Kier molecular flexibility index (Phi) is 4.19. The van der Waals surface area contributed by atoms with Gasteiger partial charge in [-0.15, -0.1) is 0 Å². The Morgan fingerprint density at radius 2 is 2.23 bits per heavy atom. The topological polar surface area (TPSA) is 17.1 Å². The van der Waals surface area contributed by atoms with Crippen LogP contribution in [-0.2, 0) is 0 Å². The van der Waals surface area contributed by atoms with E-state index in [-0.39, 0.29) is 5.78 Å². The summed E-state index contributed by atoms with van der Waals surface area (Å²) in [7, 11) is 0. The van der Waals surface area contributed by atoms with Crippen LogP contribution in [0.3, 0.4) is 0 Å². The highest BCUT2D eigenvalue weighted by atomic mass is 127. The van der Waals surface area contributed by atoms with E-state index in [1.165, 1.54) is 0 Å². The predicted octanol–water partition coefficient (Wildman–Crippen LogP) is 3.83. The summed E-state index contributed by atoms with van der Waals surface area (Å²) in [4.78, 5) is 11.4. The molecule has 0 heterocycles. The van der Waals surface area contributed by atoms with Crippen LogP contribution in [0, 0.1) is 10.5 Å². The van der Waals surface area contributed by atoms with Crippen molar-refractivity contribution in [3.63, 3.8) is 0 Å². The molecule has 1 nitrogen and oxygen atoms in total. The number of hydrogen-bond donors (Lipinski definition) is 0. The zero-order valence-electron chi connectivity index (χ0n) is 6.90. The van der Waals surface area contributed by atoms with Crippen LogP contribution in [0.1, 0.15) is 15.9 Å². The van der Waals surface area contributed by atoms with Crippen molar-refractivity contribution < 1.29 is 4.79 Å². The van der Waals surface area contributed by atoms with Gasteiger partial charge >= 0.3 is 0 Å². The second kappa shape index (κ2) is 4.75. The molecule has 0 aromatic heterocycles. The van der Waals surface area contributed by atoms with Crippen LogP contribution in [0.15, 0.2) is 12.1 Å². The number of Topliss-reactive ketones (excluding diaryl/α,β-unsaturated/α-hetero) is 1. The van der Waals surface area contributed by atoms with Crippen molar-refractivity contribution in [1.29, 1.82) is 0 Å². The minimum Gasteiger partial charge on any atom is -0.293 e. The second-order valence-corrected chi connectivity index (χ2v) is 4.77. The molecule has 70 valence electrons. The van der Waals surface area contributed by atoms with Crippen molar-refractivity contribution in [1.82, 2.24) is 0 Å². The van der Waals surface area contributed by atoms with Crippen molar-refractivity contribution in [2.75, 3.05) is 5.33 Å². The summed E-state index contributed by atoms with van der Waals surface area (Å²) in [5.74, 6) is 0.0899. The van der Waals surface area contributed by atoms with Gasteiger partial charge in [-0.1, -0.05) is 27.5 Å².